The first-order valence-electron chi connectivity index (χ1n) is 8.36. The third kappa shape index (κ3) is 2.68. The standard InChI is InChI=1S/C21H21NO3/c1-23-19-10-14-8-9-18-16(15(14)12-20(19)24-2)11-17(22)21(25-18)13-6-4-3-5-7-13/h3-10,12,17,21H,11,22H2,1-2H3. The van der Waals surface area contributed by atoms with Crippen molar-refractivity contribution in [2.24, 2.45) is 5.73 Å². The van der Waals surface area contributed by atoms with E-state index in [1.807, 2.05) is 36.4 Å². The van der Waals surface area contributed by atoms with Gasteiger partial charge in [-0.1, -0.05) is 36.4 Å². The van der Waals surface area contributed by atoms with E-state index in [9.17, 15) is 0 Å². The maximum Gasteiger partial charge on any atom is 0.161 e. The lowest BCUT2D eigenvalue weighted by atomic mass is 9.90. The predicted octanol–water partition coefficient (Wildman–Crippen LogP) is 3.86. The van der Waals surface area contributed by atoms with Gasteiger partial charge in [-0.05, 0) is 41.0 Å². The van der Waals surface area contributed by atoms with Gasteiger partial charge in [0.25, 0.3) is 0 Å². The number of rotatable bonds is 3. The number of benzene rings is 3. The third-order valence-electron chi connectivity index (χ3n) is 4.80. The summed E-state index contributed by atoms with van der Waals surface area (Å²) in [5.74, 6) is 2.32. The van der Waals surface area contributed by atoms with Crippen LogP contribution in [-0.2, 0) is 6.42 Å². The van der Waals surface area contributed by atoms with E-state index < -0.39 is 0 Å². The summed E-state index contributed by atoms with van der Waals surface area (Å²) in [6, 6.07) is 18.1. The van der Waals surface area contributed by atoms with Gasteiger partial charge in [-0.25, -0.2) is 0 Å². The van der Waals surface area contributed by atoms with Gasteiger partial charge >= 0.3 is 0 Å². The molecule has 1 aliphatic heterocycles. The van der Waals surface area contributed by atoms with Crippen molar-refractivity contribution >= 4 is 10.8 Å². The van der Waals surface area contributed by atoms with E-state index >= 15 is 0 Å². The van der Waals surface area contributed by atoms with Gasteiger partial charge in [-0.15, -0.1) is 0 Å². The fourth-order valence-corrected chi connectivity index (χ4v) is 3.54. The first-order valence-corrected chi connectivity index (χ1v) is 8.36. The molecule has 0 aromatic heterocycles. The maximum atomic E-state index is 6.46. The highest BCUT2D eigenvalue weighted by Gasteiger charge is 2.30. The van der Waals surface area contributed by atoms with Crippen LogP contribution in [0.1, 0.15) is 17.2 Å². The number of hydrogen-bond donors (Lipinski definition) is 1. The van der Waals surface area contributed by atoms with Crippen molar-refractivity contribution in [1.29, 1.82) is 0 Å². The molecule has 0 aliphatic carbocycles. The van der Waals surface area contributed by atoms with Gasteiger partial charge in [0.2, 0.25) is 0 Å². The Kier molecular flexibility index (Phi) is 3.98. The first kappa shape index (κ1) is 15.8. The summed E-state index contributed by atoms with van der Waals surface area (Å²) in [5, 5.41) is 2.18. The fourth-order valence-electron chi connectivity index (χ4n) is 3.54. The van der Waals surface area contributed by atoms with Crippen LogP contribution in [0.3, 0.4) is 0 Å². The van der Waals surface area contributed by atoms with E-state index in [1.165, 1.54) is 0 Å². The quantitative estimate of drug-likeness (QED) is 0.790. The SMILES string of the molecule is COc1cc2ccc3c(c2cc1OC)CC(N)C(c1ccccc1)O3. The highest BCUT2D eigenvalue weighted by atomic mass is 16.5. The van der Waals surface area contributed by atoms with Crippen LogP contribution >= 0.6 is 0 Å². The average molecular weight is 335 g/mol. The molecule has 25 heavy (non-hydrogen) atoms. The molecule has 0 spiro atoms. The van der Waals surface area contributed by atoms with Crippen molar-refractivity contribution in [3.63, 3.8) is 0 Å². The van der Waals surface area contributed by atoms with E-state index in [1.54, 1.807) is 14.2 Å². The fraction of sp³-hybridized carbons (Fsp3) is 0.238. The van der Waals surface area contributed by atoms with Crippen molar-refractivity contribution in [3.05, 3.63) is 65.7 Å². The zero-order chi connectivity index (χ0) is 17.4. The zero-order valence-corrected chi connectivity index (χ0v) is 14.4. The van der Waals surface area contributed by atoms with Gasteiger partial charge < -0.3 is 19.9 Å². The topological polar surface area (TPSA) is 53.7 Å². The Morgan fingerprint density at radius 2 is 1.68 bits per heavy atom. The smallest absolute Gasteiger partial charge is 0.161 e. The minimum atomic E-state index is -0.133. The Hall–Kier alpha value is -2.72. The van der Waals surface area contributed by atoms with Crippen molar-refractivity contribution in [1.82, 2.24) is 0 Å². The van der Waals surface area contributed by atoms with E-state index in [-0.39, 0.29) is 12.1 Å². The van der Waals surface area contributed by atoms with E-state index in [4.69, 9.17) is 19.9 Å². The molecule has 4 heteroatoms. The molecule has 2 unspecified atom stereocenters. The number of methoxy groups -OCH3 is 2. The number of hydrogen-bond acceptors (Lipinski definition) is 4. The van der Waals surface area contributed by atoms with E-state index in [0.29, 0.717) is 5.75 Å². The van der Waals surface area contributed by atoms with Crippen LogP contribution in [0.2, 0.25) is 0 Å². The number of fused-ring (bicyclic) bond motifs is 3. The van der Waals surface area contributed by atoms with Crippen molar-refractivity contribution in [2.75, 3.05) is 14.2 Å². The summed E-state index contributed by atoms with van der Waals surface area (Å²) in [4.78, 5) is 0. The molecule has 2 N–H and O–H groups in total. The minimum absolute atomic E-state index is 0.103. The van der Waals surface area contributed by atoms with Crippen LogP contribution in [0.25, 0.3) is 10.8 Å². The molecule has 0 saturated carbocycles. The average Bonchev–Trinajstić information content (AvgIpc) is 2.67. The summed E-state index contributed by atoms with van der Waals surface area (Å²) in [6.07, 6.45) is 0.619. The Balaban J connectivity index is 1.81. The molecule has 3 aromatic carbocycles. The molecule has 0 radical (unpaired) electrons. The molecule has 2 atom stereocenters. The van der Waals surface area contributed by atoms with Crippen LogP contribution in [0.4, 0.5) is 0 Å². The molecule has 0 amide bonds. The van der Waals surface area contributed by atoms with Gasteiger partial charge in [0.05, 0.1) is 20.3 Å². The molecule has 4 nitrogen and oxygen atoms in total. The lowest BCUT2D eigenvalue weighted by Gasteiger charge is -2.32. The summed E-state index contributed by atoms with van der Waals surface area (Å²) in [5.41, 5.74) is 8.69. The predicted molar refractivity (Wildman–Crippen MR) is 98.5 cm³/mol. The van der Waals surface area contributed by atoms with Gasteiger partial charge in [0, 0.05) is 5.56 Å². The molecular formula is C21H21NO3. The minimum Gasteiger partial charge on any atom is -0.493 e. The molecule has 1 heterocycles. The third-order valence-corrected chi connectivity index (χ3v) is 4.80. The van der Waals surface area contributed by atoms with Crippen LogP contribution in [0.5, 0.6) is 17.2 Å². The Bertz CT molecular complexity index is 908. The van der Waals surface area contributed by atoms with Crippen molar-refractivity contribution in [2.45, 2.75) is 18.6 Å². The zero-order valence-electron chi connectivity index (χ0n) is 14.4. The van der Waals surface area contributed by atoms with Crippen molar-refractivity contribution < 1.29 is 14.2 Å². The summed E-state index contributed by atoms with van der Waals surface area (Å²) in [6.45, 7) is 0. The highest BCUT2D eigenvalue weighted by molar-refractivity contribution is 5.91. The second-order valence-electron chi connectivity index (χ2n) is 6.29. The second-order valence-corrected chi connectivity index (χ2v) is 6.29. The first-order chi connectivity index (χ1) is 12.2. The van der Waals surface area contributed by atoms with Crippen molar-refractivity contribution in [3.8, 4) is 17.2 Å². The van der Waals surface area contributed by atoms with Gasteiger partial charge in [-0.3, -0.25) is 0 Å². The van der Waals surface area contributed by atoms with Gasteiger partial charge in [0.15, 0.2) is 11.5 Å². The largest absolute Gasteiger partial charge is 0.493 e. The molecule has 1 aliphatic rings. The molecule has 128 valence electrons. The normalized spacial score (nSPS) is 19.2. The number of ether oxygens (including phenoxy) is 3. The molecule has 0 saturated heterocycles. The number of nitrogens with two attached hydrogens (primary N) is 1. The summed E-state index contributed by atoms with van der Waals surface area (Å²) < 4.78 is 17.1. The Labute approximate surface area is 147 Å². The van der Waals surface area contributed by atoms with Crippen LogP contribution in [-0.4, -0.2) is 20.3 Å². The summed E-state index contributed by atoms with van der Waals surface area (Å²) >= 11 is 0. The monoisotopic (exact) mass is 335 g/mol. The molecule has 3 aromatic rings. The highest BCUT2D eigenvalue weighted by Crippen LogP contribution is 2.41. The molecule has 4 rings (SSSR count). The van der Waals surface area contributed by atoms with E-state index in [0.717, 1.165) is 39.8 Å². The van der Waals surface area contributed by atoms with Crippen LogP contribution < -0.4 is 19.9 Å². The molecule has 0 bridgehead atoms. The van der Waals surface area contributed by atoms with Crippen LogP contribution in [0, 0.1) is 0 Å². The molecule has 0 fully saturated rings. The molecular weight excluding hydrogens is 314 g/mol. The second kappa shape index (κ2) is 6.30. The van der Waals surface area contributed by atoms with Gasteiger partial charge in [-0.2, -0.15) is 0 Å². The maximum absolute atomic E-state index is 6.46. The lowest BCUT2D eigenvalue weighted by Crippen LogP contribution is -2.37. The Morgan fingerprint density at radius 1 is 0.960 bits per heavy atom. The van der Waals surface area contributed by atoms with E-state index in [2.05, 4.69) is 18.2 Å². The van der Waals surface area contributed by atoms with Gasteiger partial charge in [0.1, 0.15) is 11.9 Å². The Morgan fingerprint density at radius 3 is 2.40 bits per heavy atom. The lowest BCUT2D eigenvalue weighted by molar-refractivity contribution is 0.154. The summed E-state index contributed by atoms with van der Waals surface area (Å²) in [7, 11) is 3.29. The van der Waals surface area contributed by atoms with Crippen LogP contribution in [0.15, 0.2) is 54.6 Å².